The molecule has 3 aromatic rings. The van der Waals surface area contributed by atoms with Crippen molar-refractivity contribution < 1.29 is 9.47 Å². The summed E-state index contributed by atoms with van der Waals surface area (Å²) in [5.41, 5.74) is 2.09. The van der Waals surface area contributed by atoms with Crippen LogP contribution in [0.1, 0.15) is 25.0 Å². The van der Waals surface area contributed by atoms with Crippen molar-refractivity contribution in [3.63, 3.8) is 0 Å². The van der Waals surface area contributed by atoms with Gasteiger partial charge in [0.25, 0.3) is 0 Å². The minimum atomic E-state index is -0.136. The molecule has 0 unspecified atom stereocenters. The van der Waals surface area contributed by atoms with E-state index in [1.54, 1.807) is 0 Å². The van der Waals surface area contributed by atoms with E-state index in [2.05, 4.69) is 35.8 Å². The summed E-state index contributed by atoms with van der Waals surface area (Å²) in [5.74, 6) is 1.63. The summed E-state index contributed by atoms with van der Waals surface area (Å²) in [6, 6.07) is 23.8. The fourth-order valence-electron chi connectivity index (χ4n) is 2.75. The van der Waals surface area contributed by atoms with Crippen molar-refractivity contribution in [3.05, 3.63) is 93.4 Å². The van der Waals surface area contributed by atoms with E-state index in [-0.39, 0.29) is 5.41 Å². The van der Waals surface area contributed by atoms with Gasteiger partial charge in [-0.1, -0.05) is 61.8 Å². The molecule has 3 rings (SSSR count). The lowest BCUT2D eigenvalue weighted by molar-refractivity contribution is 0.0824. The molecular formula is C23H22BrClO2. The SMILES string of the molecule is CC(C)(COCc1cccc(Oc2ccccc2)c1)c1ccc(Br)c(Cl)c1. The first-order chi connectivity index (χ1) is 12.9. The zero-order valence-electron chi connectivity index (χ0n) is 15.4. The van der Waals surface area contributed by atoms with Crippen molar-refractivity contribution in [2.75, 3.05) is 6.61 Å². The summed E-state index contributed by atoms with van der Waals surface area (Å²) < 4.78 is 12.8. The Morgan fingerprint density at radius 1 is 0.889 bits per heavy atom. The zero-order chi connectivity index (χ0) is 19.3. The van der Waals surface area contributed by atoms with Gasteiger partial charge >= 0.3 is 0 Å². The van der Waals surface area contributed by atoms with Crippen molar-refractivity contribution in [1.29, 1.82) is 0 Å². The molecule has 27 heavy (non-hydrogen) atoms. The van der Waals surface area contributed by atoms with Crippen LogP contribution in [0.4, 0.5) is 0 Å². The minimum Gasteiger partial charge on any atom is -0.457 e. The van der Waals surface area contributed by atoms with Crippen molar-refractivity contribution in [2.45, 2.75) is 25.9 Å². The lowest BCUT2D eigenvalue weighted by atomic mass is 9.85. The molecule has 0 amide bonds. The second kappa shape index (κ2) is 8.92. The topological polar surface area (TPSA) is 18.5 Å². The molecule has 0 aliphatic carbocycles. The highest BCUT2D eigenvalue weighted by Gasteiger charge is 2.21. The number of halogens is 2. The fourth-order valence-corrected chi connectivity index (χ4v) is 3.18. The van der Waals surface area contributed by atoms with Gasteiger partial charge in [-0.3, -0.25) is 0 Å². The van der Waals surface area contributed by atoms with Gasteiger partial charge in [-0.15, -0.1) is 0 Å². The Labute approximate surface area is 174 Å². The summed E-state index contributed by atoms with van der Waals surface area (Å²) in [6.07, 6.45) is 0. The predicted molar refractivity (Wildman–Crippen MR) is 115 cm³/mol. The van der Waals surface area contributed by atoms with Gasteiger partial charge in [0.05, 0.1) is 18.2 Å². The van der Waals surface area contributed by atoms with Gasteiger partial charge < -0.3 is 9.47 Å². The fraction of sp³-hybridized carbons (Fsp3) is 0.217. The van der Waals surface area contributed by atoms with E-state index in [4.69, 9.17) is 21.1 Å². The number of hydrogen-bond acceptors (Lipinski definition) is 2. The van der Waals surface area contributed by atoms with E-state index in [1.807, 2.05) is 66.7 Å². The molecule has 0 bridgehead atoms. The van der Waals surface area contributed by atoms with Gasteiger partial charge in [0.2, 0.25) is 0 Å². The quantitative estimate of drug-likeness (QED) is 0.377. The highest BCUT2D eigenvalue weighted by molar-refractivity contribution is 9.10. The Bertz CT molecular complexity index is 894. The molecule has 0 aliphatic rings. The van der Waals surface area contributed by atoms with Crippen LogP contribution in [0.5, 0.6) is 11.5 Å². The minimum absolute atomic E-state index is 0.136. The summed E-state index contributed by atoms with van der Waals surface area (Å²) in [5, 5.41) is 0.714. The first-order valence-corrected chi connectivity index (χ1v) is 9.96. The van der Waals surface area contributed by atoms with E-state index in [0.29, 0.717) is 18.2 Å². The van der Waals surface area contributed by atoms with E-state index >= 15 is 0 Å². The zero-order valence-corrected chi connectivity index (χ0v) is 17.8. The Morgan fingerprint density at radius 3 is 2.37 bits per heavy atom. The number of hydrogen-bond donors (Lipinski definition) is 0. The third kappa shape index (κ3) is 5.58. The Kier molecular flexibility index (Phi) is 6.59. The second-order valence-corrected chi connectivity index (χ2v) is 8.33. The maximum atomic E-state index is 6.23. The first-order valence-electron chi connectivity index (χ1n) is 8.79. The molecular weight excluding hydrogens is 424 g/mol. The van der Waals surface area contributed by atoms with Crippen molar-refractivity contribution >= 4 is 27.5 Å². The van der Waals surface area contributed by atoms with Crippen LogP contribution in [-0.4, -0.2) is 6.61 Å². The molecule has 2 nitrogen and oxygen atoms in total. The van der Waals surface area contributed by atoms with Crippen molar-refractivity contribution in [1.82, 2.24) is 0 Å². The van der Waals surface area contributed by atoms with E-state index < -0.39 is 0 Å². The molecule has 0 radical (unpaired) electrons. The standard InChI is InChI=1S/C23H22BrClO2/c1-23(2,18-11-12-21(24)22(25)14-18)16-26-15-17-7-6-10-20(13-17)27-19-8-4-3-5-9-19/h3-14H,15-16H2,1-2H3. The molecule has 0 spiro atoms. The molecule has 0 heterocycles. The number of benzene rings is 3. The maximum absolute atomic E-state index is 6.23. The molecule has 0 N–H and O–H groups in total. The molecule has 0 saturated carbocycles. The lowest BCUT2D eigenvalue weighted by Crippen LogP contribution is -2.24. The number of rotatable bonds is 7. The third-order valence-electron chi connectivity index (χ3n) is 4.31. The smallest absolute Gasteiger partial charge is 0.127 e. The van der Waals surface area contributed by atoms with Gasteiger partial charge in [0.15, 0.2) is 0 Å². The first kappa shape index (κ1) is 19.9. The molecule has 0 saturated heterocycles. The molecule has 0 aromatic heterocycles. The molecule has 0 aliphatic heterocycles. The molecule has 3 aromatic carbocycles. The van der Waals surface area contributed by atoms with E-state index in [9.17, 15) is 0 Å². The Morgan fingerprint density at radius 2 is 1.63 bits per heavy atom. The van der Waals surface area contributed by atoms with Gasteiger partial charge in [-0.05, 0) is 63.5 Å². The highest BCUT2D eigenvalue weighted by atomic mass is 79.9. The van der Waals surface area contributed by atoms with Crippen molar-refractivity contribution in [3.8, 4) is 11.5 Å². The van der Waals surface area contributed by atoms with Crippen LogP contribution in [0.3, 0.4) is 0 Å². The lowest BCUT2D eigenvalue weighted by Gasteiger charge is -2.25. The largest absolute Gasteiger partial charge is 0.457 e. The van der Waals surface area contributed by atoms with E-state index in [0.717, 1.165) is 27.1 Å². The van der Waals surface area contributed by atoms with Crippen LogP contribution in [0, 0.1) is 0 Å². The number of ether oxygens (including phenoxy) is 2. The Balaban J connectivity index is 1.59. The van der Waals surface area contributed by atoms with Crippen LogP contribution in [0.25, 0.3) is 0 Å². The third-order valence-corrected chi connectivity index (χ3v) is 5.54. The summed E-state index contributed by atoms with van der Waals surface area (Å²) >= 11 is 9.67. The predicted octanol–water partition coefficient (Wildman–Crippen LogP) is 7.39. The molecule has 0 atom stereocenters. The number of para-hydroxylation sites is 1. The van der Waals surface area contributed by atoms with Crippen LogP contribution in [0.2, 0.25) is 5.02 Å². The average molecular weight is 446 g/mol. The van der Waals surface area contributed by atoms with Gasteiger partial charge in [-0.25, -0.2) is 0 Å². The van der Waals surface area contributed by atoms with Gasteiger partial charge in [-0.2, -0.15) is 0 Å². The highest BCUT2D eigenvalue weighted by Crippen LogP contribution is 2.30. The monoisotopic (exact) mass is 444 g/mol. The van der Waals surface area contributed by atoms with Crippen LogP contribution in [-0.2, 0) is 16.8 Å². The van der Waals surface area contributed by atoms with Crippen LogP contribution in [0.15, 0.2) is 77.3 Å². The summed E-state index contributed by atoms with van der Waals surface area (Å²) in [7, 11) is 0. The molecule has 4 heteroatoms. The molecule has 0 fully saturated rings. The summed E-state index contributed by atoms with van der Waals surface area (Å²) in [4.78, 5) is 0. The van der Waals surface area contributed by atoms with Gasteiger partial charge in [0.1, 0.15) is 11.5 Å². The molecule has 140 valence electrons. The van der Waals surface area contributed by atoms with E-state index in [1.165, 1.54) is 0 Å². The maximum Gasteiger partial charge on any atom is 0.127 e. The van der Waals surface area contributed by atoms with Gasteiger partial charge in [0, 0.05) is 9.89 Å². The Hall–Kier alpha value is -1.81. The van der Waals surface area contributed by atoms with Crippen LogP contribution < -0.4 is 4.74 Å². The second-order valence-electron chi connectivity index (χ2n) is 7.07. The summed E-state index contributed by atoms with van der Waals surface area (Å²) in [6.45, 7) is 5.43. The normalized spacial score (nSPS) is 11.4. The van der Waals surface area contributed by atoms with Crippen LogP contribution >= 0.6 is 27.5 Å². The average Bonchev–Trinajstić information content (AvgIpc) is 2.65. The van der Waals surface area contributed by atoms with Crippen molar-refractivity contribution in [2.24, 2.45) is 0 Å².